The summed E-state index contributed by atoms with van der Waals surface area (Å²) in [7, 11) is 1.46. The Balaban J connectivity index is 0.971. The number of piperidine rings is 2. The molecule has 4 fully saturated rings. The molecule has 3 N–H and O–H groups in total. The zero-order valence-corrected chi connectivity index (χ0v) is 25.9. The number of fused-ring (bicyclic) bond motifs is 1. The first-order valence-corrected chi connectivity index (χ1v) is 15.9. The third kappa shape index (κ3) is 5.99. The molecule has 244 valence electrons. The summed E-state index contributed by atoms with van der Waals surface area (Å²) in [5.41, 5.74) is -0.537. The molecule has 2 aliphatic carbocycles. The van der Waals surface area contributed by atoms with Gasteiger partial charge in [0.15, 0.2) is 11.5 Å². The first-order chi connectivity index (χ1) is 22.0. The normalized spacial score (nSPS) is 22.9. The molecule has 2 aliphatic heterocycles. The van der Waals surface area contributed by atoms with Crippen LogP contribution >= 0.6 is 11.6 Å². The Morgan fingerprint density at radius 1 is 1.07 bits per heavy atom. The van der Waals surface area contributed by atoms with E-state index in [-0.39, 0.29) is 63.3 Å². The molecular weight excluding hydrogens is 625 g/mol. The molecule has 3 amide bonds. The van der Waals surface area contributed by atoms with Crippen LogP contribution in [0.2, 0.25) is 5.02 Å². The fraction of sp³-hybridized carbons (Fsp3) is 0.516. The number of anilines is 1. The van der Waals surface area contributed by atoms with E-state index in [4.69, 9.17) is 11.6 Å². The van der Waals surface area contributed by atoms with Crippen LogP contribution < -0.4 is 16.0 Å². The van der Waals surface area contributed by atoms with E-state index in [2.05, 4.69) is 26.0 Å². The van der Waals surface area contributed by atoms with E-state index in [0.29, 0.717) is 31.2 Å². The van der Waals surface area contributed by atoms with Gasteiger partial charge in [0.1, 0.15) is 0 Å². The second kappa shape index (κ2) is 11.7. The number of rotatable bonds is 8. The monoisotopic (exact) mass is 658 g/mol. The fourth-order valence-corrected chi connectivity index (χ4v) is 7.05. The zero-order chi connectivity index (χ0) is 32.3. The Kier molecular flexibility index (Phi) is 7.82. The van der Waals surface area contributed by atoms with Gasteiger partial charge in [-0.2, -0.15) is 18.3 Å². The molecule has 0 spiro atoms. The number of amides is 3. The lowest BCUT2D eigenvalue weighted by Crippen LogP contribution is -2.43. The number of aromatic nitrogens is 4. The van der Waals surface area contributed by atoms with Gasteiger partial charge in [0.05, 0.1) is 28.0 Å². The van der Waals surface area contributed by atoms with Crippen LogP contribution in [0.1, 0.15) is 52.4 Å². The average molecular weight is 659 g/mol. The van der Waals surface area contributed by atoms with Crippen molar-refractivity contribution in [3.05, 3.63) is 52.7 Å². The molecule has 4 heterocycles. The Morgan fingerprint density at radius 2 is 1.78 bits per heavy atom. The van der Waals surface area contributed by atoms with Gasteiger partial charge in [0, 0.05) is 62.4 Å². The summed E-state index contributed by atoms with van der Waals surface area (Å²) in [6.45, 7) is 3.42. The molecule has 2 atom stereocenters. The van der Waals surface area contributed by atoms with E-state index in [1.54, 1.807) is 0 Å². The van der Waals surface area contributed by atoms with E-state index in [0.717, 1.165) is 38.8 Å². The standard InChI is InChI=1S/C31H34ClF3N8O3/c1-41-24(22-15-43(12-16-2-3-16)40-26(22)31(33,34)35)11-37-27(41)29(45)38-18-4-5-19(23(32)10-18)28(44)39-25-20-13-42(14-21(20)25)30(46)17-6-8-36-9-7-17/h4-5,10-11,15-17,20-21,25,36H,2-3,6-9,12-14H2,1H3,(H,38,45)(H,39,44). The number of nitrogens with zero attached hydrogens (tertiary/aromatic N) is 5. The number of alkyl halides is 3. The van der Waals surface area contributed by atoms with E-state index >= 15 is 0 Å². The van der Waals surface area contributed by atoms with Crippen LogP contribution in [0.15, 0.2) is 30.6 Å². The molecule has 11 nitrogen and oxygen atoms in total. The van der Waals surface area contributed by atoms with E-state index in [9.17, 15) is 27.6 Å². The number of carbonyl (C=O) groups excluding carboxylic acids is 3. The number of nitrogens with one attached hydrogen (secondary N) is 3. The molecule has 2 aromatic heterocycles. The van der Waals surface area contributed by atoms with Crippen LogP contribution in [0, 0.1) is 23.7 Å². The third-order valence-electron chi connectivity index (χ3n) is 9.60. The van der Waals surface area contributed by atoms with Crippen LogP contribution in [-0.4, -0.2) is 74.2 Å². The molecule has 2 saturated heterocycles. The minimum absolute atomic E-state index is 0.0173. The van der Waals surface area contributed by atoms with Gasteiger partial charge in [-0.15, -0.1) is 0 Å². The number of likely N-dealkylation sites (tertiary alicyclic amines) is 1. The minimum atomic E-state index is -4.67. The van der Waals surface area contributed by atoms with Gasteiger partial charge in [-0.25, -0.2) is 4.98 Å². The van der Waals surface area contributed by atoms with Gasteiger partial charge in [0.25, 0.3) is 11.8 Å². The van der Waals surface area contributed by atoms with Gasteiger partial charge >= 0.3 is 6.18 Å². The molecule has 15 heteroatoms. The van der Waals surface area contributed by atoms with E-state index in [1.807, 2.05) is 4.90 Å². The molecule has 1 aromatic carbocycles. The van der Waals surface area contributed by atoms with E-state index in [1.165, 1.54) is 46.9 Å². The lowest BCUT2D eigenvalue weighted by atomic mass is 9.96. The second-order valence-corrected chi connectivity index (χ2v) is 13.2. The van der Waals surface area contributed by atoms with Gasteiger partial charge < -0.3 is 25.4 Å². The largest absolute Gasteiger partial charge is 0.435 e. The summed E-state index contributed by atoms with van der Waals surface area (Å²) in [6.07, 6.45) is 1.54. The summed E-state index contributed by atoms with van der Waals surface area (Å²) in [4.78, 5) is 45.0. The average Bonchev–Trinajstić information content (AvgIpc) is 3.73. The van der Waals surface area contributed by atoms with Crippen molar-refractivity contribution in [1.82, 2.24) is 34.9 Å². The fourth-order valence-electron chi connectivity index (χ4n) is 6.79. The Labute approximate surface area is 267 Å². The Morgan fingerprint density at radius 3 is 2.43 bits per heavy atom. The highest BCUT2D eigenvalue weighted by Crippen LogP contribution is 2.46. The molecule has 7 rings (SSSR count). The maximum atomic E-state index is 13.8. The maximum absolute atomic E-state index is 13.8. The van der Waals surface area contributed by atoms with Crippen molar-refractivity contribution in [3.63, 3.8) is 0 Å². The van der Waals surface area contributed by atoms with Crippen molar-refractivity contribution in [3.8, 4) is 11.3 Å². The first kappa shape index (κ1) is 30.7. The van der Waals surface area contributed by atoms with Crippen LogP contribution in [0.3, 0.4) is 0 Å². The zero-order valence-electron chi connectivity index (χ0n) is 25.1. The highest BCUT2D eigenvalue weighted by atomic mass is 35.5. The van der Waals surface area contributed by atoms with E-state index < -0.39 is 17.8 Å². The smallest absolute Gasteiger partial charge is 0.349 e. The molecule has 0 radical (unpaired) electrons. The number of halogens is 4. The molecule has 2 saturated carbocycles. The molecule has 0 bridgehead atoms. The predicted octanol–water partition coefficient (Wildman–Crippen LogP) is 3.80. The lowest BCUT2D eigenvalue weighted by molar-refractivity contribution is -0.141. The third-order valence-corrected chi connectivity index (χ3v) is 9.92. The number of carbonyl (C=O) groups is 3. The number of benzene rings is 1. The highest BCUT2D eigenvalue weighted by Gasteiger charge is 2.57. The Bertz CT molecular complexity index is 1680. The molecule has 46 heavy (non-hydrogen) atoms. The SMILES string of the molecule is Cn1c(-c2cn(CC3CC3)nc2C(F)(F)F)cnc1C(=O)Nc1ccc(C(=O)NC2C3CN(C(=O)C4CCNCC4)CC32)c(Cl)c1. The van der Waals surface area contributed by atoms with Crippen molar-refractivity contribution in [2.45, 2.75) is 44.4 Å². The van der Waals surface area contributed by atoms with Crippen LogP contribution in [-0.2, 0) is 24.6 Å². The topological polar surface area (TPSA) is 126 Å². The van der Waals surface area contributed by atoms with Crippen molar-refractivity contribution in [2.24, 2.45) is 30.7 Å². The first-order valence-electron chi connectivity index (χ1n) is 15.6. The van der Waals surface area contributed by atoms with Gasteiger partial charge in [-0.05, 0) is 62.9 Å². The quantitative estimate of drug-likeness (QED) is 0.338. The van der Waals surface area contributed by atoms with Crippen LogP contribution in [0.25, 0.3) is 11.3 Å². The Hall–Kier alpha value is -3.91. The lowest BCUT2D eigenvalue weighted by Gasteiger charge is -2.28. The van der Waals surface area contributed by atoms with Crippen LogP contribution in [0.4, 0.5) is 18.9 Å². The predicted molar refractivity (Wildman–Crippen MR) is 162 cm³/mol. The molecule has 4 aliphatic rings. The molecule has 2 unspecified atom stereocenters. The van der Waals surface area contributed by atoms with Crippen molar-refractivity contribution >= 4 is 35.0 Å². The van der Waals surface area contributed by atoms with Crippen molar-refractivity contribution in [2.75, 3.05) is 31.5 Å². The second-order valence-electron chi connectivity index (χ2n) is 12.8. The summed E-state index contributed by atoms with van der Waals surface area (Å²) in [5, 5.41) is 12.9. The van der Waals surface area contributed by atoms with Gasteiger partial charge in [-0.1, -0.05) is 11.6 Å². The number of hydrogen-bond acceptors (Lipinski definition) is 6. The minimum Gasteiger partial charge on any atom is -0.349 e. The van der Waals surface area contributed by atoms with Gasteiger partial charge in [-0.3, -0.25) is 19.1 Å². The van der Waals surface area contributed by atoms with Gasteiger partial charge in [0.2, 0.25) is 5.91 Å². The summed E-state index contributed by atoms with van der Waals surface area (Å²) in [5.74, 6) is -0.0236. The number of imidazole rings is 1. The summed E-state index contributed by atoms with van der Waals surface area (Å²) >= 11 is 6.44. The molecular formula is C31H34ClF3N8O3. The highest BCUT2D eigenvalue weighted by molar-refractivity contribution is 6.34. The van der Waals surface area contributed by atoms with Crippen LogP contribution in [0.5, 0.6) is 0 Å². The van der Waals surface area contributed by atoms with Crippen molar-refractivity contribution < 1.29 is 27.6 Å². The summed E-state index contributed by atoms with van der Waals surface area (Å²) < 4.78 is 44.0. The number of hydrogen-bond donors (Lipinski definition) is 3. The maximum Gasteiger partial charge on any atom is 0.435 e. The summed E-state index contributed by atoms with van der Waals surface area (Å²) in [6, 6.07) is 4.46. The molecule has 3 aromatic rings. The van der Waals surface area contributed by atoms with Crippen molar-refractivity contribution in [1.29, 1.82) is 0 Å².